The van der Waals surface area contributed by atoms with Gasteiger partial charge in [0.15, 0.2) is 11.5 Å². The van der Waals surface area contributed by atoms with Crippen LogP contribution in [0.4, 0.5) is 11.5 Å². The molecule has 4 rings (SSSR count). The second-order valence-corrected chi connectivity index (χ2v) is 6.40. The van der Waals surface area contributed by atoms with Crippen LogP contribution in [0.5, 0.6) is 0 Å². The normalized spacial score (nSPS) is 11.5. The molecule has 150 valence electrons. The molecule has 0 aliphatic carbocycles. The van der Waals surface area contributed by atoms with Gasteiger partial charge < -0.3 is 9.73 Å². The first-order valence-electron chi connectivity index (χ1n) is 9.00. The molecule has 1 aromatic carbocycles. The van der Waals surface area contributed by atoms with E-state index in [4.69, 9.17) is 4.42 Å². The number of amides is 1. The second-order valence-electron chi connectivity index (χ2n) is 6.40. The molecule has 1 amide bonds. The average Bonchev–Trinajstić information content (AvgIpc) is 3.22. The van der Waals surface area contributed by atoms with E-state index in [1.165, 1.54) is 10.8 Å². The van der Waals surface area contributed by atoms with E-state index in [-0.39, 0.29) is 5.69 Å². The Labute approximate surface area is 170 Å². The number of nitrogens with one attached hydrogen (secondary N) is 2. The highest BCUT2D eigenvalue weighted by Crippen LogP contribution is 2.14. The largest absolute Gasteiger partial charge is 0.426 e. The van der Waals surface area contributed by atoms with Gasteiger partial charge in [-0.1, -0.05) is 18.2 Å². The van der Waals surface area contributed by atoms with Crippen molar-refractivity contribution in [3.63, 3.8) is 0 Å². The van der Waals surface area contributed by atoms with Crippen molar-refractivity contribution in [2.45, 2.75) is 13.8 Å². The van der Waals surface area contributed by atoms with Crippen LogP contribution in [0.2, 0.25) is 0 Å². The van der Waals surface area contributed by atoms with Crippen LogP contribution >= 0.6 is 0 Å². The summed E-state index contributed by atoms with van der Waals surface area (Å²) in [4.78, 5) is 24.6. The van der Waals surface area contributed by atoms with Crippen molar-refractivity contribution in [3.8, 4) is 0 Å². The zero-order chi connectivity index (χ0) is 21.1. The average molecular weight is 403 g/mol. The van der Waals surface area contributed by atoms with Gasteiger partial charge in [-0.3, -0.25) is 10.2 Å². The predicted octanol–water partition coefficient (Wildman–Crippen LogP) is 2.47. The number of fused-ring (bicyclic) bond motifs is 1. The maximum absolute atomic E-state index is 12.4. The van der Waals surface area contributed by atoms with Gasteiger partial charge in [-0.15, -0.1) is 15.3 Å². The molecule has 0 bridgehead atoms. The Balaban J connectivity index is 1.58. The fourth-order valence-corrected chi connectivity index (χ4v) is 2.77. The Morgan fingerprint density at radius 1 is 1.17 bits per heavy atom. The maximum atomic E-state index is 12.4. The number of anilines is 2. The van der Waals surface area contributed by atoms with E-state index >= 15 is 0 Å². The third-order valence-electron chi connectivity index (χ3n) is 4.31. The summed E-state index contributed by atoms with van der Waals surface area (Å²) in [5.74, 6) is 0.453. The summed E-state index contributed by atoms with van der Waals surface area (Å²) < 4.78 is 6.79. The minimum Gasteiger partial charge on any atom is -0.426 e. The van der Waals surface area contributed by atoms with Gasteiger partial charge in [0.25, 0.3) is 5.91 Å². The van der Waals surface area contributed by atoms with Crippen molar-refractivity contribution >= 4 is 28.8 Å². The molecule has 0 fully saturated rings. The molecule has 10 heteroatoms. The molecular weight excluding hydrogens is 386 g/mol. The number of hydrazone groups is 1. The van der Waals surface area contributed by atoms with Gasteiger partial charge in [0, 0.05) is 11.1 Å². The molecule has 3 heterocycles. The van der Waals surface area contributed by atoms with Crippen LogP contribution in [0.1, 0.15) is 28.6 Å². The van der Waals surface area contributed by atoms with Crippen molar-refractivity contribution in [3.05, 3.63) is 82.2 Å². The lowest BCUT2D eigenvalue weighted by Crippen LogP contribution is -2.19. The number of hydrogen-bond donors (Lipinski definition) is 2. The molecule has 4 aromatic rings. The summed E-state index contributed by atoms with van der Waals surface area (Å²) in [5, 5.41) is 18.8. The fourth-order valence-electron chi connectivity index (χ4n) is 2.77. The van der Waals surface area contributed by atoms with Crippen molar-refractivity contribution in [2.75, 3.05) is 10.7 Å². The third kappa shape index (κ3) is 3.92. The highest BCUT2D eigenvalue weighted by atomic mass is 16.4. The van der Waals surface area contributed by atoms with E-state index in [9.17, 15) is 9.59 Å². The number of nitrogens with zero attached hydrogens (tertiary/aromatic N) is 5. The van der Waals surface area contributed by atoms with Gasteiger partial charge in [-0.2, -0.15) is 9.62 Å². The van der Waals surface area contributed by atoms with Crippen molar-refractivity contribution in [2.24, 2.45) is 5.10 Å². The first kappa shape index (κ1) is 19.0. The summed E-state index contributed by atoms with van der Waals surface area (Å²) >= 11 is 0. The Hall–Kier alpha value is -4.34. The standard InChI is InChI=1S/C20H17N7O3/c1-12(23-24-17-8-9-18-25-21-11-27(18)26-17)15-10-16(20(29)30-13(15)2)22-19(28)14-6-4-3-5-7-14/h3-11H,1-2H3,(H,22,28)(H,24,26)/b23-12+. The molecule has 0 spiro atoms. The Morgan fingerprint density at radius 2 is 1.97 bits per heavy atom. The smallest absolute Gasteiger partial charge is 0.359 e. The second kappa shape index (κ2) is 7.95. The minimum atomic E-state index is -0.638. The van der Waals surface area contributed by atoms with Crippen molar-refractivity contribution < 1.29 is 9.21 Å². The Morgan fingerprint density at radius 3 is 2.77 bits per heavy atom. The molecule has 0 aliphatic rings. The molecule has 10 nitrogen and oxygen atoms in total. The Bertz CT molecular complexity index is 1310. The molecule has 3 aromatic heterocycles. The molecule has 0 radical (unpaired) electrons. The van der Waals surface area contributed by atoms with Crippen LogP contribution < -0.4 is 16.4 Å². The number of aryl methyl sites for hydroxylation is 1. The van der Waals surface area contributed by atoms with Crippen LogP contribution in [-0.2, 0) is 0 Å². The molecule has 30 heavy (non-hydrogen) atoms. The lowest BCUT2D eigenvalue weighted by molar-refractivity contribution is 0.102. The van der Waals surface area contributed by atoms with Gasteiger partial charge in [0.2, 0.25) is 0 Å². The molecular formula is C20H17N7O3. The molecule has 0 saturated carbocycles. The van der Waals surface area contributed by atoms with E-state index in [1.807, 2.05) is 0 Å². The monoisotopic (exact) mass is 403 g/mol. The molecule has 0 unspecified atom stereocenters. The van der Waals surface area contributed by atoms with Gasteiger partial charge in [-0.05, 0) is 44.2 Å². The van der Waals surface area contributed by atoms with Gasteiger partial charge >= 0.3 is 5.63 Å². The highest BCUT2D eigenvalue weighted by Gasteiger charge is 2.14. The molecule has 0 saturated heterocycles. The summed E-state index contributed by atoms with van der Waals surface area (Å²) in [6.45, 7) is 3.40. The van der Waals surface area contributed by atoms with Crippen molar-refractivity contribution in [1.29, 1.82) is 0 Å². The number of aromatic nitrogens is 4. The number of hydrogen-bond acceptors (Lipinski definition) is 8. The van der Waals surface area contributed by atoms with Crippen LogP contribution in [-0.4, -0.2) is 31.4 Å². The highest BCUT2D eigenvalue weighted by molar-refractivity contribution is 6.05. The number of carbonyl (C=O) groups excluding carboxylic acids is 1. The SMILES string of the molecule is C/C(=N\Nc1ccc2nncn2n1)c1cc(NC(=O)c2ccccc2)c(=O)oc1C. The minimum absolute atomic E-state index is 0.0306. The molecule has 0 atom stereocenters. The lowest BCUT2D eigenvalue weighted by atomic mass is 10.1. The van der Waals surface area contributed by atoms with Crippen LogP contribution in [0, 0.1) is 6.92 Å². The topological polar surface area (TPSA) is 127 Å². The summed E-state index contributed by atoms with van der Waals surface area (Å²) in [6.07, 6.45) is 1.48. The third-order valence-corrected chi connectivity index (χ3v) is 4.31. The van der Waals surface area contributed by atoms with Gasteiger partial charge in [-0.25, -0.2) is 4.79 Å². The van der Waals surface area contributed by atoms with Crippen LogP contribution in [0.15, 0.2) is 69.2 Å². The summed E-state index contributed by atoms with van der Waals surface area (Å²) in [7, 11) is 0. The molecule has 2 N–H and O–H groups in total. The van der Waals surface area contributed by atoms with E-state index in [1.54, 1.807) is 62.4 Å². The first-order chi connectivity index (χ1) is 14.5. The van der Waals surface area contributed by atoms with Gasteiger partial charge in [0.1, 0.15) is 17.8 Å². The van der Waals surface area contributed by atoms with Crippen molar-refractivity contribution in [1.82, 2.24) is 19.8 Å². The lowest BCUT2D eigenvalue weighted by Gasteiger charge is -2.09. The number of rotatable bonds is 5. The fraction of sp³-hybridized carbons (Fsp3) is 0.100. The first-order valence-corrected chi connectivity index (χ1v) is 9.00. The molecule has 0 aliphatic heterocycles. The summed E-state index contributed by atoms with van der Waals surface area (Å²) in [6, 6.07) is 13.6. The van der Waals surface area contributed by atoms with E-state index < -0.39 is 11.5 Å². The quantitative estimate of drug-likeness (QED) is 0.387. The van der Waals surface area contributed by atoms with Crippen LogP contribution in [0.25, 0.3) is 5.65 Å². The van der Waals surface area contributed by atoms with E-state index in [0.29, 0.717) is 34.1 Å². The van der Waals surface area contributed by atoms with E-state index in [0.717, 1.165) is 0 Å². The van der Waals surface area contributed by atoms with E-state index in [2.05, 4.69) is 31.1 Å². The maximum Gasteiger partial charge on any atom is 0.359 e. The number of benzene rings is 1. The van der Waals surface area contributed by atoms with Crippen LogP contribution in [0.3, 0.4) is 0 Å². The van der Waals surface area contributed by atoms with Gasteiger partial charge in [0.05, 0.1) is 5.71 Å². The summed E-state index contributed by atoms with van der Waals surface area (Å²) in [5.41, 5.74) is 4.39. The zero-order valence-electron chi connectivity index (χ0n) is 16.2. The number of carbonyl (C=O) groups is 1. The predicted molar refractivity (Wildman–Crippen MR) is 111 cm³/mol. The Kier molecular flexibility index (Phi) is 5.04. The zero-order valence-corrected chi connectivity index (χ0v) is 16.2.